The van der Waals surface area contributed by atoms with E-state index in [1.807, 2.05) is 0 Å². The van der Waals surface area contributed by atoms with Gasteiger partial charge in [-0.3, -0.25) is 0 Å². The SMILES string of the molecule is COC(=O)[C@@H](CO)N(I)C(=O)OC(C)(C)C. The molecule has 0 aromatic rings. The number of esters is 1. The van der Waals surface area contributed by atoms with Crippen LogP contribution in [0.5, 0.6) is 0 Å². The number of nitrogens with zero attached hydrogens (tertiary/aromatic N) is 1. The standard InChI is InChI=1S/C9H16INO5/c1-9(2,3)16-8(14)11(10)6(5-12)7(13)15-4/h6,12H,5H2,1-4H3/t6-/m1/s1. The van der Waals surface area contributed by atoms with E-state index in [2.05, 4.69) is 4.74 Å². The van der Waals surface area contributed by atoms with Gasteiger partial charge < -0.3 is 14.6 Å². The first-order valence-electron chi connectivity index (χ1n) is 4.59. The number of methoxy groups -OCH3 is 1. The van der Waals surface area contributed by atoms with Crippen molar-refractivity contribution in [3.8, 4) is 0 Å². The molecular weight excluding hydrogens is 329 g/mol. The molecule has 0 unspecified atom stereocenters. The van der Waals surface area contributed by atoms with Gasteiger partial charge >= 0.3 is 12.1 Å². The third-order valence-electron chi connectivity index (χ3n) is 1.49. The summed E-state index contributed by atoms with van der Waals surface area (Å²) >= 11 is 1.61. The Labute approximate surface area is 108 Å². The smallest absolute Gasteiger partial charge is 0.420 e. The molecule has 6 nitrogen and oxygen atoms in total. The molecule has 0 aromatic heterocycles. The second kappa shape index (κ2) is 6.24. The van der Waals surface area contributed by atoms with Gasteiger partial charge in [-0.25, -0.2) is 12.7 Å². The lowest BCUT2D eigenvalue weighted by molar-refractivity contribution is -0.145. The second-order valence-electron chi connectivity index (χ2n) is 4.01. The number of carbonyl (C=O) groups is 2. The summed E-state index contributed by atoms with van der Waals surface area (Å²) in [5.74, 6) is -0.692. The van der Waals surface area contributed by atoms with Crippen molar-refractivity contribution < 1.29 is 24.2 Å². The first-order valence-corrected chi connectivity index (χ1v) is 5.56. The van der Waals surface area contributed by atoms with Crippen LogP contribution in [0.1, 0.15) is 20.8 Å². The summed E-state index contributed by atoms with van der Waals surface area (Å²) in [5.41, 5.74) is -0.656. The van der Waals surface area contributed by atoms with Gasteiger partial charge in [0, 0.05) is 0 Å². The Morgan fingerprint density at radius 3 is 2.25 bits per heavy atom. The highest BCUT2D eigenvalue weighted by Crippen LogP contribution is 2.16. The van der Waals surface area contributed by atoms with E-state index in [9.17, 15) is 9.59 Å². The average molecular weight is 345 g/mol. The molecule has 1 N–H and O–H groups in total. The zero-order valence-corrected chi connectivity index (χ0v) is 11.8. The largest absolute Gasteiger partial charge is 0.467 e. The quantitative estimate of drug-likeness (QED) is 0.471. The number of ether oxygens (including phenoxy) is 2. The summed E-state index contributed by atoms with van der Waals surface area (Å²) in [6.45, 7) is 4.61. The Morgan fingerprint density at radius 1 is 1.44 bits per heavy atom. The normalized spacial score (nSPS) is 12.9. The molecule has 16 heavy (non-hydrogen) atoms. The van der Waals surface area contributed by atoms with E-state index >= 15 is 0 Å². The summed E-state index contributed by atoms with van der Waals surface area (Å²) in [5, 5.41) is 8.99. The maximum atomic E-state index is 11.6. The number of rotatable bonds is 3. The van der Waals surface area contributed by atoms with Crippen molar-refractivity contribution in [2.45, 2.75) is 32.4 Å². The van der Waals surface area contributed by atoms with Crippen molar-refractivity contribution in [2.24, 2.45) is 0 Å². The minimum absolute atomic E-state index is 0.519. The molecule has 0 aliphatic carbocycles. The van der Waals surface area contributed by atoms with Crippen LogP contribution in [0.4, 0.5) is 4.79 Å². The molecule has 7 heteroatoms. The Balaban J connectivity index is 4.57. The van der Waals surface area contributed by atoms with E-state index in [-0.39, 0.29) is 0 Å². The van der Waals surface area contributed by atoms with E-state index < -0.39 is 30.3 Å². The number of amides is 1. The van der Waals surface area contributed by atoms with Crippen LogP contribution in [0.3, 0.4) is 0 Å². The lowest BCUT2D eigenvalue weighted by atomic mass is 10.2. The lowest BCUT2D eigenvalue weighted by Crippen LogP contribution is -2.44. The predicted octanol–water partition coefficient (Wildman–Crippen LogP) is 1.11. The van der Waals surface area contributed by atoms with Gasteiger partial charge in [0.15, 0.2) is 6.04 Å². The van der Waals surface area contributed by atoms with Gasteiger partial charge in [-0.15, -0.1) is 0 Å². The highest BCUT2D eigenvalue weighted by atomic mass is 127. The molecule has 0 bridgehead atoms. The summed E-state index contributed by atoms with van der Waals surface area (Å²) in [4.78, 5) is 22.8. The Kier molecular flexibility index (Phi) is 6.01. The molecule has 0 saturated carbocycles. The topological polar surface area (TPSA) is 76.1 Å². The van der Waals surface area contributed by atoms with Gasteiger partial charge in [-0.05, 0) is 20.8 Å². The summed E-state index contributed by atoms with van der Waals surface area (Å²) in [6.07, 6.45) is -0.697. The highest BCUT2D eigenvalue weighted by molar-refractivity contribution is 14.1. The van der Waals surface area contributed by atoms with Crippen molar-refractivity contribution >= 4 is 34.9 Å². The molecule has 1 atom stereocenters. The van der Waals surface area contributed by atoms with Crippen LogP contribution >= 0.6 is 22.9 Å². The van der Waals surface area contributed by atoms with E-state index in [4.69, 9.17) is 9.84 Å². The molecule has 0 radical (unpaired) electrons. The molecule has 94 valence electrons. The Bertz CT molecular complexity index is 263. The van der Waals surface area contributed by atoms with Crippen molar-refractivity contribution in [1.29, 1.82) is 0 Å². The maximum absolute atomic E-state index is 11.6. The lowest BCUT2D eigenvalue weighted by Gasteiger charge is -2.26. The zero-order chi connectivity index (χ0) is 12.9. The van der Waals surface area contributed by atoms with Gasteiger partial charge in [0.2, 0.25) is 0 Å². The van der Waals surface area contributed by atoms with Crippen LogP contribution < -0.4 is 0 Å². The Morgan fingerprint density at radius 2 is 1.94 bits per heavy atom. The van der Waals surface area contributed by atoms with Crippen LogP contribution in [-0.4, -0.2) is 45.6 Å². The maximum Gasteiger partial charge on any atom is 0.420 e. The number of carbonyl (C=O) groups excluding carboxylic acids is 2. The fourth-order valence-corrected chi connectivity index (χ4v) is 1.31. The average Bonchev–Trinajstić information content (AvgIpc) is 2.15. The van der Waals surface area contributed by atoms with Gasteiger partial charge in [0.05, 0.1) is 36.6 Å². The fraction of sp³-hybridized carbons (Fsp3) is 0.778. The molecule has 0 fully saturated rings. The number of hydrogen-bond acceptors (Lipinski definition) is 5. The number of aliphatic hydroxyl groups is 1. The van der Waals surface area contributed by atoms with Crippen LogP contribution in [0.25, 0.3) is 0 Å². The second-order valence-corrected chi connectivity index (χ2v) is 5.05. The minimum atomic E-state index is -1.06. The van der Waals surface area contributed by atoms with Crippen LogP contribution in [-0.2, 0) is 14.3 Å². The van der Waals surface area contributed by atoms with Crippen molar-refractivity contribution in [3.63, 3.8) is 0 Å². The van der Waals surface area contributed by atoms with E-state index in [0.29, 0.717) is 0 Å². The van der Waals surface area contributed by atoms with E-state index in [0.717, 1.165) is 3.11 Å². The van der Waals surface area contributed by atoms with E-state index in [1.54, 1.807) is 43.6 Å². The van der Waals surface area contributed by atoms with Gasteiger partial charge in [0.25, 0.3) is 0 Å². The van der Waals surface area contributed by atoms with Gasteiger partial charge in [-0.1, -0.05) is 0 Å². The number of halogens is 1. The molecule has 0 heterocycles. The zero-order valence-electron chi connectivity index (χ0n) is 9.69. The molecular formula is C9H16INO5. The summed E-state index contributed by atoms with van der Waals surface area (Å²) in [6, 6.07) is -1.06. The minimum Gasteiger partial charge on any atom is -0.467 e. The number of hydrogen-bond donors (Lipinski definition) is 1. The van der Waals surface area contributed by atoms with Gasteiger partial charge in [-0.2, -0.15) is 0 Å². The molecule has 0 spiro atoms. The fourth-order valence-electron chi connectivity index (χ4n) is 0.808. The molecule has 1 amide bonds. The third-order valence-corrected chi connectivity index (χ3v) is 2.55. The monoisotopic (exact) mass is 345 g/mol. The predicted molar refractivity (Wildman–Crippen MR) is 65.0 cm³/mol. The molecule has 0 rings (SSSR count). The van der Waals surface area contributed by atoms with Crippen molar-refractivity contribution in [1.82, 2.24) is 3.11 Å². The molecule has 0 aliphatic heterocycles. The first-order chi connectivity index (χ1) is 7.22. The van der Waals surface area contributed by atoms with Crippen LogP contribution in [0, 0.1) is 0 Å². The van der Waals surface area contributed by atoms with Crippen LogP contribution in [0.2, 0.25) is 0 Å². The summed E-state index contributed by atoms with van der Waals surface area (Å²) < 4.78 is 10.5. The third kappa shape index (κ3) is 4.97. The first kappa shape index (κ1) is 15.4. The highest BCUT2D eigenvalue weighted by Gasteiger charge is 2.31. The molecule has 0 aromatic carbocycles. The van der Waals surface area contributed by atoms with Crippen molar-refractivity contribution in [3.05, 3.63) is 0 Å². The van der Waals surface area contributed by atoms with Crippen LogP contribution in [0.15, 0.2) is 0 Å². The molecule has 0 aliphatic rings. The van der Waals surface area contributed by atoms with Gasteiger partial charge in [0.1, 0.15) is 5.60 Å². The Hall–Kier alpha value is -0.570. The molecule has 0 saturated heterocycles. The number of aliphatic hydroxyl groups excluding tert-OH is 1. The van der Waals surface area contributed by atoms with Crippen molar-refractivity contribution in [2.75, 3.05) is 13.7 Å². The summed E-state index contributed by atoms with van der Waals surface area (Å²) in [7, 11) is 1.19. The van der Waals surface area contributed by atoms with E-state index in [1.165, 1.54) is 7.11 Å².